The van der Waals surface area contributed by atoms with Crippen LogP contribution in [0.15, 0.2) is 18.2 Å². The first-order valence-electron chi connectivity index (χ1n) is 4.31. The van der Waals surface area contributed by atoms with Crippen molar-refractivity contribution in [1.29, 1.82) is 0 Å². The average Bonchev–Trinajstić information content (AvgIpc) is 2.18. The Morgan fingerprint density at radius 2 is 2.29 bits per heavy atom. The molecular weight excluding hydrogens is 198 g/mol. The Hall–Kier alpha value is -1.33. The molecule has 0 bridgehead atoms. The van der Waals surface area contributed by atoms with E-state index >= 15 is 0 Å². The molecule has 0 saturated heterocycles. The van der Waals surface area contributed by atoms with Crippen molar-refractivity contribution in [3.8, 4) is 17.6 Å². The molecule has 74 valence electrons. The van der Waals surface area contributed by atoms with Crippen LogP contribution in [0.5, 0.6) is 5.75 Å². The molecule has 0 heterocycles. The first-order chi connectivity index (χ1) is 6.74. The van der Waals surface area contributed by atoms with E-state index in [1.807, 2.05) is 0 Å². The van der Waals surface area contributed by atoms with Crippen molar-refractivity contribution in [2.24, 2.45) is 0 Å². The second-order valence-corrected chi connectivity index (χ2v) is 3.14. The van der Waals surface area contributed by atoms with E-state index in [1.54, 1.807) is 25.1 Å². The van der Waals surface area contributed by atoms with Gasteiger partial charge in [0.2, 0.25) is 0 Å². The normalized spacial score (nSPS) is 9.00. The van der Waals surface area contributed by atoms with Gasteiger partial charge in [0, 0.05) is 17.5 Å². The number of benzene rings is 1. The van der Waals surface area contributed by atoms with E-state index in [2.05, 4.69) is 11.8 Å². The monoisotopic (exact) mass is 209 g/mol. The Kier molecular flexibility index (Phi) is 4.15. The maximum atomic E-state index is 5.79. The van der Waals surface area contributed by atoms with E-state index in [4.69, 9.17) is 22.1 Å². The summed E-state index contributed by atoms with van der Waals surface area (Å²) >= 11 is 5.79. The number of nitrogens with two attached hydrogens (primary N) is 1. The van der Waals surface area contributed by atoms with Gasteiger partial charge >= 0.3 is 0 Å². The summed E-state index contributed by atoms with van der Waals surface area (Å²) in [7, 11) is 0. The smallest absolute Gasteiger partial charge is 0.143 e. The third-order valence-corrected chi connectivity index (χ3v) is 1.87. The Labute approximate surface area is 89.0 Å². The highest BCUT2D eigenvalue weighted by atomic mass is 35.5. The molecule has 0 aliphatic carbocycles. The Morgan fingerprint density at radius 3 is 3.00 bits per heavy atom. The second-order valence-electron chi connectivity index (χ2n) is 2.71. The summed E-state index contributed by atoms with van der Waals surface area (Å²) in [4.78, 5) is 0. The van der Waals surface area contributed by atoms with E-state index < -0.39 is 0 Å². The van der Waals surface area contributed by atoms with Gasteiger partial charge in [0.05, 0.1) is 12.3 Å². The fraction of sp³-hybridized carbons (Fsp3) is 0.273. The molecule has 14 heavy (non-hydrogen) atoms. The fourth-order valence-corrected chi connectivity index (χ4v) is 1.13. The summed E-state index contributed by atoms with van der Waals surface area (Å²) in [5.74, 6) is 6.32. The van der Waals surface area contributed by atoms with E-state index in [9.17, 15) is 0 Å². The molecule has 0 aromatic heterocycles. The molecule has 0 radical (unpaired) electrons. The molecule has 1 aromatic rings. The summed E-state index contributed by atoms with van der Waals surface area (Å²) in [6.45, 7) is 2.33. The number of nitrogen functional groups attached to an aromatic ring is 1. The lowest BCUT2D eigenvalue weighted by molar-refractivity contribution is 0.329. The van der Waals surface area contributed by atoms with E-state index in [1.165, 1.54) is 0 Å². The predicted molar refractivity (Wildman–Crippen MR) is 59.4 cm³/mol. The summed E-state index contributed by atoms with van der Waals surface area (Å²) in [6, 6.07) is 5.16. The molecule has 0 saturated carbocycles. The number of rotatable bonds is 3. The highest BCUT2D eigenvalue weighted by molar-refractivity contribution is 6.30. The van der Waals surface area contributed by atoms with Gasteiger partial charge in [-0.2, -0.15) is 0 Å². The van der Waals surface area contributed by atoms with Crippen LogP contribution < -0.4 is 10.5 Å². The van der Waals surface area contributed by atoms with Crippen LogP contribution in [0, 0.1) is 11.8 Å². The minimum absolute atomic E-state index is 0.533. The molecule has 0 aliphatic heterocycles. The summed E-state index contributed by atoms with van der Waals surface area (Å²) in [5.41, 5.74) is 6.28. The Bertz CT molecular complexity index is 365. The first-order valence-corrected chi connectivity index (χ1v) is 4.69. The molecule has 0 amide bonds. The molecule has 2 nitrogen and oxygen atoms in total. The van der Waals surface area contributed by atoms with Gasteiger partial charge in [-0.25, -0.2) is 0 Å². The fourth-order valence-electron chi connectivity index (χ4n) is 0.970. The minimum Gasteiger partial charge on any atom is -0.490 e. The zero-order valence-electron chi connectivity index (χ0n) is 8.01. The van der Waals surface area contributed by atoms with Crippen LogP contribution >= 0.6 is 11.6 Å². The molecule has 0 atom stereocenters. The third kappa shape index (κ3) is 3.20. The lowest BCUT2D eigenvalue weighted by Gasteiger charge is -2.07. The van der Waals surface area contributed by atoms with Gasteiger partial charge in [0.15, 0.2) is 0 Å². The van der Waals surface area contributed by atoms with Crippen LogP contribution in [0.25, 0.3) is 0 Å². The lowest BCUT2D eigenvalue weighted by atomic mass is 10.3. The van der Waals surface area contributed by atoms with Crippen molar-refractivity contribution in [1.82, 2.24) is 0 Å². The summed E-state index contributed by atoms with van der Waals surface area (Å²) < 4.78 is 5.41. The van der Waals surface area contributed by atoms with Crippen molar-refractivity contribution in [3.63, 3.8) is 0 Å². The number of ether oxygens (including phenoxy) is 1. The van der Waals surface area contributed by atoms with Gasteiger partial charge in [0.25, 0.3) is 0 Å². The molecule has 2 N–H and O–H groups in total. The van der Waals surface area contributed by atoms with Crippen molar-refractivity contribution in [2.45, 2.75) is 13.3 Å². The van der Waals surface area contributed by atoms with Crippen LogP contribution in [0.2, 0.25) is 5.02 Å². The van der Waals surface area contributed by atoms with Gasteiger partial charge in [-0.1, -0.05) is 11.6 Å². The van der Waals surface area contributed by atoms with E-state index in [0.29, 0.717) is 29.5 Å². The molecule has 0 fully saturated rings. The maximum absolute atomic E-state index is 5.79. The zero-order valence-corrected chi connectivity index (χ0v) is 8.77. The number of hydrogen-bond acceptors (Lipinski definition) is 2. The van der Waals surface area contributed by atoms with Crippen LogP contribution in [-0.2, 0) is 0 Å². The van der Waals surface area contributed by atoms with Crippen LogP contribution in [-0.4, -0.2) is 6.61 Å². The molecule has 3 heteroatoms. The largest absolute Gasteiger partial charge is 0.490 e. The molecule has 0 aliphatic rings. The third-order valence-electron chi connectivity index (χ3n) is 1.64. The molecule has 0 unspecified atom stereocenters. The van der Waals surface area contributed by atoms with Gasteiger partial charge in [-0.15, -0.1) is 11.8 Å². The van der Waals surface area contributed by atoms with Gasteiger partial charge < -0.3 is 10.5 Å². The SMILES string of the molecule is CC#CCCOc1cc(Cl)ccc1N. The zero-order chi connectivity index (χ0) is 10.4. The first kappa shape index (κ1) is 10.7. The van der Waals surface area contributed by atoms with E-state index in [-0.39, 0.29) is 0 Å². The van der Waals surface area contributed by atoms with Crippen molar-refractivity contribution in [2.75, 3.05) is 12.3 Å². The van der Waals surface area contributed by atoms with Gasteiger partial charge in [-0.3, -0.25) is 0 Å². The van der Waals surface area contributed by atoms with Gasteiger partial charge in [0.1, 0.15) is 5.75 Å². The van der Waals surface area contributed by atoms with Crippen molar-refractivity contribution < 1.29 is 4.74 Å². The Morgan fingerprint density at radius 1 is 1.50 bits per heavy atom. The Balaban J connectivity index is 2.56. The molecule has 1 rings (SSSR count). The number of halogens is 1. The summed E-state index contributed by atoms with van der Waals surface area (Å²) in [5, 5.41) is 0.621. The lowest BCUT2D eigenvalue weighted by Crippen LogP contribution is -1.99. The summed E-state index contributed by atoms with van der Waals surface area (Å²) in [6.07, 6.45) is 0.697. The predicted octanol–water partition coefficient (Wildman–Crippen LogP) is 2.71. The topological polar surface area (TPSA) is 35.2 Å². The van der Waals surface area contributed by atoms with Crippen LogP contribution in [0.4, 0.5) is 5.69 Å². The highest BCUT2D eigenvalue weighted by Gasteiger charge is 2.00. The average molecular weight is 210 g/mol. The minimum atomic E-state index is 0.533. The van der Waals surface area contributed by atoms with Crippen LogP contribution in [0.1, 0.15) is 13.3 Å². The van der Waals surface area contributed by atoms with Crippen molar-refractivity contribution in [3.05, 3.63) is 23.2 Å². The highest BCUT2D eigenvalue weighted by Crippen LogP contribution is 2.25. The standard InChI is InChI=1S/C11H12ClNO/c1-2-3-4-7-14-11-8-9(12)5-6-10(11)13/h5-6,8H,4,7,13H2,1H3. The molecular formula is C11H12ClNO. The molecule has 1 aromatic carbocycles. The van der Waals surface area contributed by atoms with E-state index in [0.717, 1.165) is 0 Å². The second kappa shape index (κ2) is 5.41. The van der Waals surface area contributed by atoms with Crippen molar-refractivity contribution >= 4 is 17.3 Å². The maximum Gasteiger partial charge on any atom is 0.143 e. The number of anilines is 1. The number of hydrogen-bond donors (Lipinski definition) is 1. The molecule has 0 spiro atoms. The van der Waals surface area contributed by atoms with Gasteiger partial charge in [-0.05, 0) is 19.1 Å². The quantitative estimate of drug-likeness (QED) is 0.472. The van der Waals surface area contributed by atoms with Crippen LogP contribution in [0.3, 0.4) is 0 Å².